The van der Waals surface area contributed by atoms with Gasteiger partial charge in [0.1, 0.15) is 12.1 Å². The molecule has 1 aromatic heterocycles. The number of rotatable bonds is 3. The van der Waals surface area contributed by atoms with Gasteiger partial charge in [0.25, 0.3) is 0 Å². The van der Waals surface area contributed by atoms with Crippen molar-refractivity contribution in [3.05, 3.63) is 53.4 Å². The molecule has 0 radical (unpaired) electrons. The van der Waals surface area contributed by atoms with Gasteiger partial charge in [-0.1, -0.05) is 23.7 Å². The number of hydrogen-bond donors (Lipinski definition) is 1. The molecule has 2 amide bonds. The molecule has 0 bridgehead atoms. The van der Waals surface area contributed by atoms with Gasteiger partial charge in [0.05, 0.1) is 0 Å². The van der Waals surface area contributed by atoms with E-state index in [1.54, 1.807) is 17.2 Å². The Morgan fingerprint density at radius 1 is 1.13 bits per heavy atom. The van der Waals surface area contributed by atoms with Crippen molar-refractivity contribution in [2.75, 3.05) is 31.5 Å². The highest BCUT2D eigenvalue weighted by molar-refractivity contribution is 6.30. The van der Waals surface area contributed by atoms with Crippen molar-refractivity contribution in [2.24, 2.45) is 0 Å². The van der Waals surface area contributed by atoms with Crippen LogP contribution in [0.15, 0.2) is 42.9 Å². The molecule has 0 atom stereocenters. The van der Waals surface area contributed by atoms with Crippen molar-refractivity contribution in [3.8, 4) is 0 Å². The number of piperazine rings is 1. The Morgan fingerprint density at radius 3 is 2.52 bits per heavy atom. The third-order valence-corrected chi connectivity index (χ3v) is 4.05. The summed E-state index contributed by atoms with van der Waals surface area (Å²) in [6.07, 6.45) is 3.02. The number of amides is 2. The number of anilines is 1. The second-order valence-corrected chi connectivity index (χ2v) is 5.85. The van der Waals surface area contributed by atoms with Gasteiger partial charge >= 0.3 is 6.03 Å². The number of urea groups is 1. The smallest absolute Gasteiger partial charge is 0.322 e. The maximum Gasteiger partial charge on any atom is 0.323 e. The van der Waals surface area contributed by atoms with Gasteiger partial charge in [0, 0.05) is 43.9 Å². The zero-order chi connectivity index (χ0) is 16.1. The second-order valence-electron chi connectivity index (χ2n) is 5.41. The Labute approximate surface area is 140 Å². The van der Waals surface area contributed by atoms with E-state index in [9.17, 15) is 4.79 Å². The fourth-order valence-electron chi connectivity index (χ4n) is 2.51. The number of halogens is 1. The lowest BCUT2D eigenvalue weighted by molar-refractivity contribution is 0.143. The molecule has 1 saturated heterocycles. The van der Waals surface area contributed by atoms with E-state index in [4.69, 9.17) is 11.6 Å². The molecule has 0 aliphatic carbocycles. The van der Waals surface area contributed by atoms with Crippen LogP contribution < -0.4 is 5.32 Å². The number of hydrogen-bond acceptors (Lipinski definition) is 4. The molecule has 1 aliphatic rings. The van der Waals surface area contributed by atoms with Crippen molar-refractivity contribution in [1.82, 2.24) is 19.8 Å². The number of nitrogens with one attached hydrogen (secondary N) is 1. The van der Waals surface area contributed by atoms with Crippen LogP contribution in [0.2, 0.25) is 5.02 Å². The SMILES string of the molecule is O=C(Nc1ccncn1)N1CCN(Cc2ccc(Cl)cc2)CC1. The van der Waals surface area contributed by atoms with Crippen molar-refractivity contribution >= 4 is 23.4 Å². The summed E-state index contributed by atoms with van der Waals surface area (Å²) < 4.78 is 0. The van der Waals surface area contributed by atoms with Gasteiger partial charge in [0.15, 0.2) is 0 Å². The number of benzene rings is 1. The van der Waals surface area contributed by atoms with Crippen LogP contribution in [0.5, 0.6) is 0 Å². The number of aromatic nitrogens is 2. The molecule has 0 unspecified atom stereocenters. The first-order valence-corrected chi connectivity index (χ1v) is 7.87. The maximum atomic E-state index is 12.2. The summed E-state index contributed by atoms with van der Waals surface area (Å²) in [5.74, 6) is 0.522. The van der Waals surface area contributed by atoms with E-state index in [1.807, 2.05) is 24.3 Å². The van der Waals surface area contributed by atoms with E-state index in [0.717, 1.165) is 24.7 Å². The van der Waals surface area contributed by atoms with Crippen LogP contribution in [-0.4, -0.2) is 52.0 Å². The highest BCUT2D eigenvalue weighted by Gasteiger charge is 2.21. The summed E-state index contributed by atoms with van der Waals surface area (Å²) in [4.78, 5) is 24.2. The lowest BCUT2D eigenvalue weighted by atomic mass is 10.2. The fourth-order valence-corrected chi connectivity index (χ4v) is 2.64. The monoisotopic (exact) mass is 331 g/mol. The Balaban J connectivity index is 1.48. The van der Waals surface area contributed by atoms with E-state index >= 15 is 0 Å². The predicted octanol–water partition coefficient (Wildman–Crippen LogP) is 2.48. The molecular weight excluding hydrogens is 314 g/mol. The van der Waals surface area contributed by atoms with Gasteiger partial charge in [-0.25, -0.2) is 14.8 Å². The van der Waals surface area contributed by atoms with Gasteiger partial charge in [0.2, 0.25) is 0 Å². The van der Waals surface area contributed by atoms with Gasteiger partial charge < -0.3 is 4.90 Å². The number of nitrogens with zero attached hydrogens (tertiary/aromatic N) is 4. The molecule has 23 heavy (non-hydrogen) atoms. The summed E-state index contributed by atoms with van der Waals surface area (Å²) in [6, 6.07) is 9.45. The topological polar surface area (TPSA) is 61.4 Å². The van der Waals surface area contributed by atoms with Gasteiger partial charge in [-0.2, -0.15) is 0 Å². The van der Waals surface area contributed by atoms with Gasteiger partial charge in [-0.3, -0.25) is 10.2 Å². The van der Waals surface area contributed by atoms with Crippen molar-refractivity contribution in [3.63, 3.8) is 0 Å². The molecular formula is C16H18ClN5O. The van der Waals surface area contributed by atoms with Crippen molar-refractivity contribution in [2.45, 2.75) is 6.54 Å². The van der Waals surface area contributed by atoms with E-state index < -0.39 is 0 Å². The molecule has 0 saturated carbocycles. The average molecular weight is 332 g/mol. The zero-order valence-electron chi connectivity index (χ0n) is 12.7. The largest absolute Gasteiger partial charge is 0.323 e. The molecule has 1 aliphatic heterocycles. The first-order chi connectivity index (χ1) is 11.2. The Morgan fingerprint density at radius 2 is 1.87 bits per heavy atom. The standard InChI is InChI=1S/C16H18ClN5O/c17-14-3-1-13(2-4-14)11-21-7-9-22(10-8-21)16(23)20-15-5-6-18-12-19-15/h1-6,12H,7-11H2,(H,18,19,20,23). The van der Waals surface area contributed by atoms with Gasteiger partial charge in [-0.05, 0) is 23.8 Å². The third-order valence-electron chi connectivity index (χ3n) is 3.80. The molecule has 2 heterocycles. The van der Waals surface area contributed by atoms with E-state index in [-0.39, 0.29) is 6.03 Å². The van der Waals surface area contributed by atoms with Crippen molar-refractivity contribution < 1.29 is 4.79 Å². The minimum Gasteiger partial charge on any atom is -0.322 e. The summed E-state index contributed by atoms with van der Waals surface area (Å²) in [5, 5.41) is 3.54. The lowest BCUT2D eigenvalue weighted by Gasteiger charge is -2.34. The first kappa shape index (κ1) is 15.7. The normalized spacial score (nSPS) is 15.4. The molecule has 2 aromatic rings. The van der Waals surface area contributed by atoms with Crippen LogP contribution in [0.3, 0.4) is 0 Å². The highest BCUT2D eigenvalue weighted by atomic mass is 35.5. The third kappa shape index (κ3) is 4.40. The molecule has 1 fully saturated rings. The van der Waals surface area contributed by atoms with E-state index in [2.05, 4.69) is 20.2 Å². The molecule has 6 nitrogen and oxygen atoms in total. The quantitative estimate of drug-likeness (QED) is 0.938. The van der Waals surface area contributed by atoms with Crippen LogP contribution >= 0.6 is 11.6 Å². The summed E-state index contributed by atoms with van der Waals surface area (Å²) in [6.45, 7) is 3.97. The van der Waals surface area contributed by atoms with Crippen LogP contribution in [0.1, 0.15) is 5.56 Å². The Kier molecular flexibility index (Phi) is 5.05. The van der Waals surface area contributed by atoms with E-state index in [1.165, 1.54) is 11.9 Å². The predicted molar refractivity (Wildman–Crippen MR) is 89.4 cm³/mol. The van der Waals surface area contributed by atoms with Crippen LogP contribution in [0, 0.1) is 0 Å². The highest BCUT2D eigenvalue weighted by Crippen LogP contribution is 2.13. The number of carbonyl (C=O) groups excluding carboxylic acids is 1. The Bertz CT molecular complexity index is 641. The summed E-state index contributed by atoms with van der Waals surface area (Å²) >= 11 is 5.90. The molecule has 0 spiro atoms. The minimum atomic E-state index is -0.116. The molecule has 3 rings (SSSR count). The molecule has 7 heteroatoms. The van der Waals surface area contributed by atoms with E-state index in [0.29, 0.717) is 18.9 Å². The van der Waals surface area contributed by atoms with Crippen LogP contribution in [-0.2, 0) is 6.54 Å². The average Bonchev–Trinajstić information content (AvgIpc) is 2.58. The maximum absolute atomic E-state index is 12.2. The molecule has 120 valence electrons. The van der Waals surface area contributed by atoms with Gasteiger partial charge in [-0.15, -0.1) is 0 Å². The minimum absolute atomic E-state index is 0.116. The lowest BCUT2D eigenvalue weighted by Crippen LogP contribution is -2.49. The molecule has 1 N–H and O–H groups in total. The first-order valence-electron chi connectivity index (χ1n) is 7.49. The second kappa shape index (κ2) is 7.39. The number of carbonyl (C=O) groups is 1. The van der Waals surface area contributed by atoms with Crippen LogP contribution in [0.25, 0.3) is 0 Å². The van der Waals surface area contributed by atoms with Crippen molar-refractivity contribution in [1.29, 1.82) is 0 Å². The summed E-state index contributed by atoms with van der Waals surface area (Å²) in [7, 11) is 0. The van der Waals surface area contributed by atoms with Crippen LogP contribution in [0.4, 0.5) is 10.6 Å². The zero-order valence-corrected chi connectivity index (χ0v) is 13.4. The Hall–Kier alpha value is -2.18. The fraction of sp³-hybridized carbons (Fsp3) is 0.312. The summed E-state index contributed by atoms with van der Waals surface area (Å²) in [5.41, 5.74) is 1.23. The molecule has 1 aromatic carbocycles.